The van der Waals surface area contributed by atoms with E-state index in [1.165, 1.54) is 5.56 Å². The molecule has 0 bridgehead atoms. The van der Waals surface area contributed by atoms with Crippen LogP contribution in [0.2, 0.25) is 5.02 Å². The van der Waals surface area contributed by atoms with Crippen LogP contribution in [0.1, 0.15) is 11.5 Å². The van der Waals surface area contributed by atoms with Crippen molar-refractivity contribution in [2.45, 2.75) is 5.92 Å². The molecule has 0 saturated heterocycles. The third-order valence-corrected chi connectivity index (χ3v) is 2.42. The molecule has 13 heavy (non-hydrogen) atoms. The fraction of sp³-hybridized carbons (Fsp3) is 0.200. The molecule has 1 heterocycles. The fourth-order valence-corrected chi connectivity index (χ4v) is 1.71. The van der Waals surface area contributed by atoms with E-state index in [9.17, 15) is 0 Å². The highest BCUT2D eigenvalue weighted by Crippen LogP contribution is 2.23. The van der Waals surface area contributed by atoms with Crippen LogP contribution in [0.3, 0.4) is 0 Å². The molecule has 0 amide bonds. The molecule has 0 spiro atoms. The maximum absolute atomic E-state index is 5.89. The quantitative estimate of drug-likeness (QED) is 0.716. The van der Waals surface area contributed by atoms with E-state index >= 15 is 0 Å². The van der Waals surface area contributed by atoms with Gasteiger partial charge in [0.2, 0.25) is 0 Å². The molecule has 0 fully saturated rings. The van der Waals surface area contributed by atoms with E-state index in [0.29, 0.717) is 5.92 Å². The van der Waals surface area contributed by atoms with E-state index in [4.69, 9.17) is 17.3 Å². The normalized spacial score (nSPS) is 21.0. The lowest BCUT2D eigenvalue weighted by Gasteiger charge is -2.06. The van der Waals surface area contributed by atoms with E-state index in [1.54, 1.807) is 0 Å². The lowest BCUT2D eigenvalue weighted by molar-refractivity contribution is 0.791. The fourth-order valence-electron chi connectivity index (χ4n) is 1.51. The van der Waals surface area contributed by atoms with Gasteiger partial charge in [0.25, 0.3) is 0 Å². The van der Waals surface area contributed by atoms with Crippen LogP contribution in [0.5, 0.6) is 0 Å². The molecule has 0 aliphatic carbocycles. The Hall–Kier alpha value is -1.15. The molecule has 1 aliphatic heterocycles. The molecule has 2 nitrogen and oxygen atoms in total. The van der Waals surface area contributed by atoms with Crippen LogP contribution in [0, 0.1) is 0 Å². The summed E-state index contributed by atoms with van der Waals surface area (Å²) in [5.74, 6) is 1.11. The third-order valence-electron chi connectivity index (χ3n) is 2.18. The van der Waals surface area contributed by atoms with Gasteiger partial charge in [-0.25, -0.2) is 0 Å². The Bertz CT molecular complexity index is 347. The molecule has 0 radical (unpaired) electrons. The highest BCUT2D eigenvalue weighted by molar-refractivity contribution is 6.30. The summed E-state index contributed by atoms with van der Waals surface area (Å²) in [5, 5.41) is 3.86. The van der Waals surface area contributed by atoms with E-state index in [-0.39, 0.29) is 0 Å². The second-order valence-corrected chi connectivity index (χ2v) is 3.60. The summed E-state index contributed by atoms with van der Waals surface area (Å²) < 4.78 is 0. The Morgan fingerprint density at radius 3 is 2.92 bits per heavy atom. The van der Waals surface area contributed by atoms with Crippen molar-refractivity contribution in [1.82, 2.24) is 5.32 Å². The summed E-state index contributed by atoms with van der Waals surface area (Å²) in [4.78, 5) is 0. The van der Waals surface area contributed by atoms with Gasteiger partial charge in [-0.15, -0.1) is 0 Å². The van der Waals surface area contributed by atoms with Crippen molar-refractivity contribution < 1.29 is 0 Å². The number of rotatable bonds is 1. The molecule has 0 saturated carbocycles. The van der Waals surface area contributed by atoms with Gasteiger partial charge in [-0.05, 0) is 23.8 Å². The Morgan fingerprint density at radius 2 is 2.31 bits per heavy atom. The Morgan fingerprint density at radius 1 is 1.46 bits per heavy atom. The Kier molecular flexibility index (Phi) is 2.15. The van der Waals surface area contributed by atoms with Gasteiger partial charge in [0.05, 0.1) is 5.82 Å². The maximum Gasteiger partial charge on any atom is 0.0926 e. The van der Waals surface area contributed by atoms with Gasteiger partial charge in [0, 0.05) is 17.5 Å². The number of nitrogens with one attached hydrogen (secondary N) is 1. The first-order chi connectivity index (χ1) is 6.25. The molecule has 1 atom stereocenters. The summed E-state index contributed by atoms with van der Waals surface area (Å²) in [7, 11) is 0. The van der Waals surface area contributed by atoms with Gasteiger partial charge in [-0.3, -0.25) is 0 Å². The summed E-state index contributed by atoms with van der Waals surface area (Å²) >= 11 is 5.89. The summed E-state index contributed by atoms with van der Waals surface area (Å²) in [5.41, 5.74) is 6.83. The van der Waals surface area contributed by atoms with Crippen LogP contribution in [0.15, 0.2) is 36.2 Å². The predicted octanol–water partition coefficient (Wildman–Crippen LogP) is 1.83. The second kappa shape index (κ2) is 3.30. The Balaban J connectivity index is 2.26. The molecule has 68 valence electrons. The van der Waals surface area contributed by atoms with Crippen molar-refractivity contribution in [3.8, 4) is 0 Å². The minimum atomic E-state index is 0.360. The van der Waals surface area contributed by atoms with E-state index in [2.05, 4.69) is 11.4 Å². The smallest absolute Gasteiger partial charge is 0.0926 e. The molecule has 2 rings (SSSR count). The van der Waals surface area contributed by atoms with Crippen LogP contribution in [0.4, 0.5) is 0 Å². The molecule has 0 unspecified atom stereocenters. The number of halogens is 1. The van der Waals surface area contributed by atoms with E-state index < -0.39 is 0 Å². The van der Waals surface area contributed by atoms with Gasteiger partial charge in [0.1, 0.15) is 0 Å². The topological polar surface area (TPSA) is 38.0 Å². The molecular formula is C10H11ClN2. The molecular weight excluding hydrogens is 184 g/mol. The van der Waals surface area contributed by atoms with Crippen molar-refractivity contribution in [1.29, 1.82) is 0 Å². The van der Waals surface area contributed by atoms with Crippen molar-refractivity contribution >= 4 is 11.6 Å². The first kappa shape index (κ1) is 8.45. The van der Waals surface area contributed by atoms with Gasteiger partial charge in [-0.1, -0.05) is 23.7 Å². The standard InChI is InChI=1S/C10H11ClN2/c11-9-3-1-2-7(4-9)8-5-10(12)13-6-8/h1-5,8,13H,6,12H2/t8-/m1/s1. The lowest BCUT2D eigenvalue weighted by atomic mass is 10.0. The zero-order chi connectivity index (χ0) is 9.26. The minimum absolute atomic E-state index is 0.360. The van der Waals surface area contributed by atoms with Crippen LogP contribution in [0.25, 0.3) is 0 Å². The number of nitrogens with two attached hydrogens (primary N) is 1. The molecule has 1 aliphatic rings. The van der Waals surface area contributed by atoms with Crippen molar-refractivity contribution in [2.24, 2.45) is 5.73 Å². The third kappa shape index (κ3) is 1.78. The second-order valence-electron chi connectivity index (χ2n) is 3.16. The predicted molar refractivity (Wildman–Crippen MR) is 54.5 cm³/mol. The molecule has 0 aromatic heterocycles. The minimum Gasteiger partial charge on any atom is -0.386 e. The highest BCUT2D eigenvalue weighted by atomic mass is 35.5. The molecule has 1 aromatic rings. The average Bonchev–Trinajstić information content (AvgIpc) is 2.52. The van der Waals surface area contributed by atoms with Crippen LogP contribution in [-0.2, 0) is 0 Å². The molecule has 3 heteroatoms. The maximum atomic E-state index is 5.89. The SMILES string of the molecule is NC1=C[C@@H](c2cccc(Cl)c2)CN1. The van der Waals surface area contributed by atoms with Gasteiger partial charge in [-0.2, -0.15) is 0 Å². The van der Waals surface area contributed by atoms with Crippen LogP contribution in [-0.4, -0.2) is 6.54 Å². The van der Waals surface area contributed by atoms with Crippen molar-refractivity contribution in [3.63, 3.8) is 0 Å². The summed E-state index contributed by atoms with van der Waals surface area (Å²) in [6.45, 7) is 0.867. The Labute approximate surface area is 82.4 Å². The van der Waals surface area contributed by atoms with Crippen molar-refractivity contribution in [2.75, 3.05) is 6.54 Å². The summed E-state index contributed by atoms with van der Waals surface area (Å²) in [6.07, 6.45) is 2.02. The zero-order valence-corrected chi connectivity index (χ0v) is 7.88. The van der Waals surface area contributed by atoms with Crippen LogP contribution < -0.4 is 11.1 Å². The zero-order valence-electron chi connectivity index (χ0n) is 7.13. The van der Waals surface area contributed by atoms with E-state index in [0.717, 1.165) is 17.4 Å². The van der Waals surface area contributed by atoms with Crippen LogP contribution >= 0.6 is 11.6 Å². The lowest BCUT2D eigenvalue weighted by Crippen LogP contribution is -2.15. The first-order valence-electron chi connectivity index (χ1n) is 4.22. The highest BCUT2D eigenvalue weighted by Gasteiger charge is 2.14. The first-order valence-corrected chi connectivity index (χ1v) is 4.60. The van der Waals surface area contributed by atoms with Gasteiger partial charge < -0.3 is 11.1 Å². The van der Waals surface area contributed by atoms with Gasteiger partial charge >= 0.3 is 0 Å². The monoisotopic (exact) mass is 194 g/mol. The molecule has 1 aromatic carbocycles. The average molecular weight is 195 g/mol. The van der Waals surface area contributed by atoms with Gasteiger partial charge in [0.15, 0.2) is 0 Å². The number of hydrogen-bond acceptors (Lipinski definition) is 2. The molecule has 3 N–H and O–H groups in total. The van der Waals surface area contributed by atoms with E-state index in [1.807, 2.05) is 24.3 Å². The number of benzene rings is 1. The number of hydrogen-bond donors (Lipinski definition) is 2. The summed E-state index contributed by atoms with van der Waals surface area (Å²) in [6, 6.07) is 7.87. The largest absolute Gasteiger partial charge is 0.386 e. The van der Waals surface area contributed by atoms with Crippen molar-refractivity contribution in [3.05, 3.63) is 46.7 Å².